The van der Waals surface area contributed by atoms with Crippen molar-refractivity contribution in [2.24, 2.45) is 0 Å². The average Bonchev–Trinajstić information content (AvgIpc) is 2.31. The van der Waals surface area contributed by atoms with Gasteiger partial charge in [-0.1, -0.05) is 0 Å². The van der Waals surface area contributed by atoms with Crippen molar-refractivity contribution >= 4 is 38.8 Å². The van der Waals surface area contributed by atoms with Crippen LogP contribution < -0.4 is 8.92 Å². The fourth-order valence-electron chi connectivity index (χ4n) is 1.41. The summed E-state index contributed by atoms with van der Waals surface area (Å²) in [4.78, 5) is 0. The summed E-state index contributed by atoms with van der Waals surface area (Å²) in [5.74, 6) is 0. The molecule has 0 saturated carbocycles. The molecule has 2 aromatic rings. The standard InChI is InChI=1S/C14H14Se2/c1-12(15-13-8-4-2-5-9-13)16-14-10-6-3-7-11-14/h2-12H,1H3. The van der Waals surface area contributed by atoms with Crippen molar-refractivity contribution in [2.75, 3.05) is 0 Å². The Morgan fingerprint density at radius 1 is 0.688 bits per heavy atom. The van der Waals surface area contributed by atoms with Crippen molar-refractivity contribution in [3.05, 3.63) is 60.7 Å². The summed E-state index contributed by atoms with van der Waals surface area (Å²) >= 11 is 1.22. The molecule has 0 aliphatic heterocycles. The van der Waals surface area contributed by atoms with E-state index in [0.29, 0.717) is 29.9 Å². The summed E-state index contributed by atoms with van der Waals surface area (Å²) in [5, 5.41) is 0. The van der Waals surface area contributed by atoms with Crippen LogP contribution in [0.2, 0.25) is 3.71 Å². The van der Waals surface area contributed by atoms with Gasteiger partial charge in [-0.25, -0.2) is 0 Å². The molecule has 0 bridgehead atoms. The summed E-state index contributed by atoms with van der Waals surface area (Å²) in [7, 11) is 0. The Morgan fingerprint density at radius 2 is 1.06 bits per heavy atom. The van der Waals surface area contributed by atoms with Crippen molar-refractivity contribution in [2.45, 2.75) is 10.6 Å². The van der Waals surface area contributed by atoms with Gasteiger partial charge in [-0.3, -0.25) is 0 Å². The monoisotopic (exact) mass is 342 g/mol. The maximum atomic E-state index is 2.38. The molecule has 0 N–H and O–H groups in total. The van der Waals surface area contributed by atoms with E-state index in [0.717, 1.165) is 3.71 Å². The summed E-state index contributed by atoms with van der Waals surface area (Å²) in [6, 6.07) is 21.7. The van der Waals surface area contributed by atoms with Crippen molar-refractivity contribution in [1.82, 2.24) is 0 Å². The fourth-order valence-corrected chi connectivity index (χ4v) is 7.38. The van der Waals surface area contributed by atoms with Crippen LogP contribution in [-0.4, -0.2) is 29.9 Å². The van der Waals surface area contributed by atoms with Crippen LogP contribution in [0.4, 0.5) is 0 Å². The third-order valence-corrected chi connectivity index (χ3v) is 7.87. The molecule has 0 nitrogen and oxygen atoms in total. The SMILES string of the molecule is CC([Se]c1ccccc1)[Se]c1ccccc1. The molecule has 0 saturated heterocycles. The van der Waals surface area contributed by atoms with Crippen LogP contribution in [0.15, 0.2) is 60.7 Å². The third-order valence-electron chi connectivity index (χ3n) is 2.09. The Labute approximate surface area is 110 Å². The van der Waals surface area contributed by atoms with E-state index in [9.17, 15) is 0 Å². The van der Waals surface area contributed by atoms with Gasteiger partial charge in [-0.2, -0.15) is 0 Å². The van der Waals surface area contributed by atoms with E-state index in [1.165, 1.54) is 8.92 Å². The van der Waals surface area contributed by atoms with Gasteiger partial charge in [-0.05, 0) is 0 Å². The molecular formula is C14H14Se2. The zero-order valence-electron chi connectivity index (χ0n) is 9.17. The van der Waals surface area contributed by atoms with Crippen LogP contribution >= 0.6 is 0 Å². The van der Waals surface area contributed by atoms with Crippen LogP contribution in [-0.2, 0) is 0 Å². The first kappa shape index (κ1) is 11.9. The van der Waals surface area contributed by atoms with E-state index < -0.39 is 0 Å². The predicted molar refractivity (Wildman–Crippen MR) is 73.1 cm³/mol. The molecule has 0 radical (unpaired) electrons. The number of benzene rings is 2. The number of rotatable bonds is 4. The van der Waals surface area contributed by atoms with Gasteiger partial charge in [0, 0.05) is 0 Å². The van der Waals surface area contributed by atoms with Crippen molar-refractivity contribution in [3.63, 3.8) is 0 Å². The second-order valence-electron chi connectivity index (χ2n) is 3.43. The maximum absolute atomic E-state index is 2.38. The van der Waals surface area contributed by atoms with E-state index >= 15 is 0 Å². The first-order valence-corrected chi connectivity index (χ1v) is 8.97. The molecule has 2 aromatic carbocycles. The Bertz CT molecular complexity index is 370. The first-order valence-electron chi connectivity index (χ1n) is 5.28. The average molecular weight is 340 g/mol. The van der Waals surface area contributed by atoms with Crippen molar-refractivity contribution < 1.29 is 0 Å². The molecule has 16 heavy (non-hydrogen) atoms. The zero-order valence-corrected chi connectivity index (χ0v) is 12.6. The predicted octanol–water partition coefficient (Wildman–Crippen LogP) is 1.81. The summed E-state index contributed by atoms with van der Waals surface area (Å²) < 4.78 is 3.85. The third kappa shape index (κ3) is 3.81. The van der Waals surface area contributed by atoms with Crippen molar-refractivity contribution in [1.29, 1.82) is 0 Å². The Balaban J connectivity index is 1.92. The molecule has 0 aliphatic rings. The quantitative estimate of drug-likeness (QED) is 0.745. The summed E-state index contributed by atoms with van der Waals surface area (Å²) in [5.41, 5.74) is 0. The van der Waals surface area contributed by atoms with E-state index in [1.54, 1.807) is 0 Å². The molecule has 0 spiro atoms. The van der Waals surface area contributed by atoms with E-state index in [2.05, 4.69) is 67.6 Å². The van der Waals surface area contributed by atoms with Crippen LogP contribution in [0.3, 0.4) is 0 Å². The van der Waals surface area contributed by atoms with Gasteiger partial charge in [0.1, 0.15) is 0 Å². The van der Waals surface area contributed by atoms with Crippen LogP contribution in [0, 0.1) is 0 Å². The molecule has 0 atom stereocenters. The minimum atomic E-state index is 0.608. The van der Waals surface area contributed by atoms with Crippen LogP contribution in [0.5, 0.6) is 0 Å². The van der Waals surface area contributed by atoms with Gasteiger partial charge in [0.25, 0.3) is 0 Å². The molecule has 0 aliphatic carbocycles. The van der Waals surface area contributed by atoms with Gasteiger partial charge >= 0.3 is 110 Å². The summed E-state index contributed by atoms with van der Waals surface area (Å²) in [6.07, 6.45) is 0. The van der Waals surface area contributed by atoms with E-state index in [4.69, 9.17) is 0 Å². The molecule has 2 rings (SSSR count). The van der Waals surface area contributed by atoms with Crippen molar-refractivity contribution in [3.8, 4) is 0 Å². The molecule has 0 fully saturated rings. The molecule has 82 valence electrons. The Kier molecular flexibility index (Phi) is 4.68. The Morgan fingerprint density at radius 3 is 1.44 bits per heavy atom. The second-order valence-corrected chi connectivity index (χ2v) is 10.9. The fraction of sp³-hybridized carbons (Fsp3) is 0.143. The van der Waals surface area contributed by atoms with Gasteiger partial charge in [0.2, 0.25) is 0 Å². The van der Waals surface area contributed by atoms with Crippen LogP contribution in [0.25, 0.3) is 0 Å². The van der Waals surface area contributed by atoms with Gasteiger partial charge in [0.05, 0.1) is 0 Å². The summed E-state index contributed by atoms with van der Waals surface area (Å²) in [6.45, 7) is 2.38. The number of hydrogen-bond acceptors (Lipinski definition) is 0. The van der Waals surface area contributed by atoms with E-state index in [1.807, 2.05) is 0 Å². The Hall–Kier alpha value is -0.521. The minimum absolute atomic E-state index is 0.608. The first-order chi connectivity index (χ1) is 7.84. The molecule has 0 unspecified atom stereocenters. The zero-order chi connectivity index (χ0) is 11.2. The molecular weight excluding hydrogens is 326 g/mol. The van der Waals surface area contributed by atoms with Gasteiger partial charge in [0.15, 0.2) is 0 Å². The number of hydrogen-bond donors (Lipinski definition) is 0. The second kappa shape index (κ2) is 6.27. The van der Waals surface area contributed by atoms with Gasteiger partial charge in [-0.15, -0.1) is 0 Å². The molecule has 2 heteroatoms. The van der Waals surface area contributed by atoms with Gasteiger partial charge < -0.3 is 0 Å². The molecule has 0 amide bonds. The van der Waals surface area contributed by atoms with Crippen LogP contribution in [0.1, 0.15) is 6.92 Å². The van der Waals surface area contributed by atoms with E-state index in [-0.39, 0.29) is 0 Å². The molecule has 0 aromatic heterocycles. The normalized spacial score (nSPS) is 10.6. The molecule has 0 heterocycles. The topological polar surface area (TPSA) is 0 Å².